The molecule has 4 heterocycles. The first-order chi connectivity index (χ1) is 26.0. The minimum atomic E-state index is -5.25. The van der Waals surface area contributed by atoms with Gasteiger partial charge in [0.05, 0.1) is 30.1 Å². The zero-order valence-corrected chi connectivity index (χ0v) is 29.3. The quantitative estimate of drug-likeness (QED) is 0.171. The van der Waals surface area contributed by atoms with E-state index in [1.807, 2.05) is 4.90 Å². The van der Waals surface area contributed by atoms with Gasteiger partial charge in [0.25, 0.3) is 5.91 Å². The van der Waals surface area contributed by atoms with Crippen molar-refractivity contribution in [2.75, 3.05) is 57.9 Å². The van der Waals surface area contributed by atoms with Gasteiger partial charge in [-0.3, -0.25) is 19.4 Å². The summed E-state index contributed by atoms with van der Waals surface area (Å²) in [6.45, 7) is 4.83. The van der Waals surface area contributed by atoms with Crippen molar-refractivity contribution in [1.82, 2.24) is 14.8 Å². The van der Waals surface area contributed by atoms with Gasteiger partial charge in [0.2, 0.25) is 5.82 Å². The molecule has 1 unspecified atom stereocenters. The minimum absolute atomic E-state index is 0.0734. The number of Topliss-reactive ketones (excluding diaryl/α,β-unsaturated/α-hetero) is 1. The number of aromatic nitrogens is 1. The molecular weight excluding hydrogens is 748 g/mol. The normalized spacial score (nSPS) is 21.3. The Bertz CT molecular complexity index is 1970. The number of ether oxygens (including phenoxy) is 3. The number of nitrogens with zero attached hydrogens (tertiary/aromatic N) is 3. The van der Waals surface area contributed by atoms with E-state index in [4.69, 9.17) is 9.47 Å². The summed E-state index contributed by atoms with van der Waals surface area (Å²) >= 11 is 0. The van der Waals surface area contributed by atoms with Crippen LogP contribution in [0.3, 0.4) is 0 Å². The second kappa shape index (κ2) is 15.7. The molecule has 6 rings (SSSR count). The Kier molecular flexibility index (Phi) is 11.4. The van der Waals surface area contributed by atoms with Crippen LogP contribution in [0.2, 0.25) is 0 Å². The number of para-hydroxylation sites is 1. The number of hydrogen-bond donors (Lipinski definition) is 2. The lowest BCUT2D eigenvalue weighted by molar-refractivity contribution is -0.274. The van der Waals surface area contributed by atoms with Gasteiger partial charge in [-0.05, 0) is 68.6 Å². The summed E-state index contributed by atoms with van der Waals surface area (Å²) in [4.78, 5) is 35.5. The Balaban J connectivity index is 1.31. The molecule has 2 fully saturated rings. The molecule has 2 N–H and O–H groups in total. The fraction of sp³-hybridized carbons (Fsp3) is 0.432. The van der Waals surface area contributed by atoms with Crippen LogP contribution in [0.4, 0.5) is 40.8 Å². The number of nitrogens with one attached hydrogen (secondary N) is 1. The number of benzene rings is 2. The summed E-state index contributed by atoms with van der Waals surface area (Å²) in [5.41, 5.74) is -5.69. The molecule has 0 radical (unpaired) electrons. The SMILES string of the molecule is C[C@]12CCCN1CC(Cc1ccc(OCCN3CCOCC3)c(F)c1F)C(=O)C(C(=O)Nc1ccc(C(F)(F)F)nc1-c1ccccc1OC(F)(F)F)=C2O. The van der Waals surface area contributed by atoms with Crippen LogP contribution in [0.25, 0.3) is 11.3 Å². The van der Waals surface area contributed by atoms with Gasteiger partial charge in [-0.2, -0.15) is 17.6 Å². The molecule has 1 amide bonds. The average Bonchev–Trinajstić information content (AvgIpc) is 3.48. The Morgan fingerprint density at radius 3 is 2.44 bits per heavy atom. The summed E-state index contributed by atoms with van der Waals surface area (Å²) in [7, 11) is 0. The predicted molar refractivity (Wildman–Crippen MR) is 180 cm³/mol. The van der Waals surface area contributed by atoms with E-state index in [0.29, 0.717) is 51.9 Å². The fourth-order valence-electron chi connectivity index (χ4n) is 7.10. The number of aliphatic hydroxyl groups excluding tert-OH is 1. The summed E-state index contributed by atoms with van der Waals surface area (Å²) in [6, 6.07) is 7.89. The number of alkyl halides is 6. The van der Waals surface area contributed by atoms with E-state index < -0.39 is 93.5 Å². The minimum Gasteiger partial charge on any atom is -0.509 e. The van der Waals surface area contributed by atoms with Crippen molar-refractivity contribution in [3.63, 3.8) is 0 Å². The third kappa shape index (κ3) is 8.70. The maximum absolute atomic E-state index is 15.5. The number of pyridine rings is 1. The lowest BCUT2D eigenvalue weighted by atomic mass is 9.88. The van der Waals surface area contributed by atoms with Gasteiger partial charge in [-0.15, -0.1) is 13.2 Å². The van der Waals surface area contributed by atoms with Crippen LogP contribution in [-0.4, -0.2) is 96.0 Å². The summed E-state index contributed by atoms with van der Waals surface area (Å²) in [6.07, 6.45) is -9.91. The van der Waals surface area contributed by atoms with Gasteiger partial charge in [0.1, 0.15) is 29.4 Å². The fourth-order valence-corrected chi connectivity index (χ4v) is 7.10. The Morgan fingerprint density at radius 2 is 1.73 bits per heavy atom. The van der Waals surface area contributed by atoms with E-state index in [0.717, 1.165) is 24.3 Å². The number of carbonyl (C=O) groups is 2. The topological polar surface area (TPSA) is 113 Å². The molecule has 3 aromatic rings. The first-order valence-electron chi connectivity index (χ1n) is 17.3. The van der Waals surface area contributed by atoms with E-state index in [1.165, 1.54) is 18.2 Å². The van der Waals surface area contributed by atoms with Crippen molar-refractivity contribution in [2.45, 2.75) is 44.3 Å². The molecule has 0 bridgehead atoms. The highest BCUT2D eigenvalue weighted by atomic mass is 19.4. The third-order valence-corrected chi connectivity index (χ3v) is 9.99. The molecule has 0 aliphatic carbocycles. The highest BCUT2D eigenvalue weighted by Crippen LogP contribution is 2.42. The zero-order valence-electron chi connectivity index (χ0n) is 29.3. The molecule has 2 aromatic carbocycles. The van der Waals surface area contributed by atoms with E-state index >= 15 is 8.78 Å². The van der Waals surface area contributed by atoms with Crippen molar-refractivity contribution >= 4 is 17.4 Å². The maximum atomic E-state index is 15.5. The third-order valence-electron chi connectivity index (χ3n) is 9.99. The van der Waals surface area contributed by atoms with Crippen molar-refractivity contribution < 1.29 is 64.0 Å². The smallest absolute Gasteiger partial charge is 0.509 e. The van der Waals surface area contributed by atoms with E-state index in [2.05, 4.69) is 15.0 Å². The average molecular weight is 785 g/mol. The monoisotopic (exact) mass is 784 g/mol. The molecule has 296 valence electrons. The number of halogens is 8. The number of aliphatic hydroxyl groups is 1. The number of carbonyl (C=O) groups excluding carboxylic acids is 2. The molecule has 3 aliphatic rings. The van der Waals surface area contributed by atoms with Crippen molar-refractivity contribution in [1.29, 1.82) is 0 Å². The van der Waals surface area contributed by atoms with Crippen LogP contribution in [0.1, 0.15) is 31.0 Å². The molecule has 10 nitrogen and oxygen atoms in total. The van der Waals surface area contributed by atoms with Gasteiger partial charge in [0.15, 0.2) is 17.3 Å². The molecular formula is C37H36F8N4O6. The van der Waals surface area contributed by atoms with Crippen molar-refractivity contribution in [2.24, 2.45) is 5.92 Å². The maximum Gasteiger partial charge on any atom is 0.573 e. The van der Waals surface area contributed by atoms with Gasteiger partial charge in [-0.25, -0.2) is 9.37 Å². The molecule has 2 saturated heterocycles. The van der Waals surface area contributed by atoms with Gasteiger partial charge in [0, 0.05) is 37.7 Å². The predicted octanol–water partition coefficient (Wildman–Crippen LogP) is 6.70. The van der Waals surface area contributed by atoms with Crippen LogP contribution in [-0.2, 0) is 26.9 Å². The zero-order chi connectivity index (χ0) is 39.7. The number of ketones is 1. The highest BCUT2D eigenvalue weighted by molar-refractivity contribution is 6.25. The number of morpholine rings is 1. The first kappa shape index (κ1) is 39.9. The number of fused-ring (bicyclic) bond motifs is 1. The lowest BCUT2D eigenvalue weighted by Gasteiger charge is -2.34. The molecule has 18 heteroatoms. The molecule has 3 aliphatic heterocycles. The summed E-state index contributed by atoms with van der Waals surface area (Å²) in [5, 5.41) is 13.9. The Morgan fingerprint density at radius 1 is 1.00 bits per heavy atom. The Labute approximate surface area is 309 Å². The first-order valence-corrected chi connectivity index (χ1v) is 17.3. The summed E-state index contributed by atoms with van der Waals surface area (Å²) < 4.78 is 127. The summed E-state index contributed by atoms with van der Waals surface area (Å²) in [5.74, 6) is -7.99. The second-order valence-corrected chi connectivity index (χ2v) is 13.6. The van der Waals surface area contributed by atoms with Crippen LogP contribution in [0.15, 0.2) is 59.9 Å². The van der Waals surface area contributed by atoms with Gasteiger partial charge < -0.3 is 24.6 Å². The van der Waals surface area contributed by atoms with Gasteiger partial charge in [-0.1, -0.05) is 18.2 Å². The van der Waals surface area contributed by atoms with E-state index in [-0.39, 0.29) is 30.9 Å². The number of rotatable bonds is 10. The number of amides is 1. The highest BCUT2D eigenvalue weighted by Gasteiger charge is 2.49. The van der Waals surface area contributed by atoms with Crippen LogP contribution in [0, 0.1) is 17.6 Å². The Hall–Kier alpha value is -4.81. The molecule has 0 spiro atoms. The number of hydrogen-bond acceptors (Lipinski definition) is 9. The largest absolute Gasteiger partial charge is 0.573 e. The van der Waals surface area contributed by atoms with E-state index in [1.54, 1.807) is 11.8 Å². The van der Waals surface area contributed by atoms with Crippen molar-refractivity contribution in [3.8, 4) is 22.8 Å². The van der Waals surface area contributed by atoms with Gasteiger partial charge >= 0.3 is 12.5 Å². The lowest BCUT2D eigenvalue weighted by Crippen LogP contribution is -2.44. The second-order valence-electron chi connectivity index (χ2n) is 13.6. The molecule has 1 aromatic heterocycles. The van der Waals surface area contributed by atoms with Crippen LogP contribution >= 0.6 is 0 Å². The molecule has 2 atom stereocenters. The van der Waals surface area contributed by atoms with Crippen molar-refractivity contribution in [3.05, 3.63) is 82.8 Å². The number of anilines is 1. The molecule has 0 saturated carbocycles. The van der Waals surface area contributed by atoms with E-state index in [9.17, 15) is 41.0 Å². The molecule has 55 heavy (non-hydrogen) atoms. The van der Waals surface area contributed by atoms with Crippen LogP contribution < -0.4 is 14.8 Å². The van der Waals surface area contributed by atoms with Crippen LogP contribution in [0.5, 0.6) is 11.5 Å². The standard InChI is InChI=1S/C37H36F8N4O6/c1-35-11-4-12-49(35)20-22(19-21-7-9-26(30(39)29(21)38)54-18-15-48-13-16-53-17-14-48)32(50)28(33(35)51)34(52)46-24-8-10-27(36(40,41)42)47-31(24)23-5-2-3-6-25(23)55-37(43,44)45/h2-3,5-10,22,51H,4,11-20H2,1H3,(H,46,52)/t22?,35-/m1/s1.